The second-order valence-electron chi connectivity index (χ2n) is 8.47. The third kappa shape index (κ3) is 5.95. The van der Waals surface area contributed by atoms with E-state index in [2.05, 4.69) is 10.2 Å². The lowest BCUT2D eigenvalue weighted by Crippen LogP contribution is -2.51. The molecule has 128 valence electrons. The fraction of sp³-hybridized carbons (Fsp3) is 0.882. The zero-order valence-electron chi connectivity index (χ0n) is 15.3. The molecule has 1 aliphatic rings. The molecule has 5 heteroatoms. The van der Waals surface area contributed by atoms with E-state index in [0.29, 0.717) is 6.54 Å². The van der Waals surface area contributed by atoms with E-state index in [1.807, 2.05) is 53.5 Å². The van der Waals surface area contributed by atoms with Gasteiger partial charge in [-0.15, -0.1) is 0 Å². The summed E-state index contributed by atoms with van der Waals surface area (Å²) in [5.41, 5.74) is -0.521. The fourth-order valence-electron chi connectivity index (χ4n) is 2.82. The molecule has 0 atom stereocenters. The van der Waals surface area contributed by atoms with Crippen molar-refractivity contribution in [3.05, 3.63) is 0 Å². The van der Waals surface area contributed by atoms with Crippen molar-refractivity contribution >= 4 is 11.8 Å². The molecule has 1 heterocycles. The van der Waals surface area contributed by atoms with Crippen molar-refractivity contribution in [3.63, 3.8) is 0 Å². The van der Waals surface area contributed by atoms with Crippen LogP contribution in [0.3, 0.4) is 0 Å². The molecule has 0 bridgehead atoms. The zero-order valence-corrected chi connectivity index (χ0v) is 15.3. The molecule has 0 saturated carbocycles. The van der Waals surface area contributed by atoms with Gasteiger partial charge in [0.2, 0.25) is 11.8 Å². The Morgan fingerprint density at radius 2 is 1.59 bits per heavy atom. The fourth-order valence-corrected chi connectivity index (χ4v) is 2.82. The third-order valence-electron chi connectivity index (χ3n) is 3.95. The molecule has 0 aromatic carbocycles. The molecule has 1 N–H and O–H groups in total. The number of hydrogen-bond donors (Lipinski definition) is 1. The first-order valence-electron chi connectivity index (χ1n) is 8.21. The number of amides is 2. The lowest BCUT2D eigenvalue weighted by molar-refractivity contribution is -0.141. The van der Waals surface area contributed by atoms with Crippen LogP contribution in [0, 0.1) is 5.41 Å². The second kappa shape index (κ2) is 6.99. The van der Waals surface area contributed by atoms with E-state index in [1.165, 1.54) is 0 Å². The normalized spacial score (nSPS) is 18.1. The third-order valence-corrected chi connectivity index (χ3v) is 3.95. The molecule has 1 rings (SSSR count). The minimum Gasteiger partial charge on any atom is -0.350 e. The molecule has 1 aliphatic heterocycles. The van der Waals surface area contributed by atoms with Crippen LogP contribution in [0.5, 0.6) is 0 Å². The summed E-state index contributed by atoms with van der Waals surface area (Å²) in [4.78, 5) is 28.4. The topological polar surface area (TPSA) is 52.7 Å². The average Bonchev–Trinajstić information content (AvgIpc) is 2.34. The highest BCUT2D eigenvalue weighted by atomic mass is 16.2. The maximum absolute atomic E-state index is 12.3. The minimum atomic E-state index is -0.335. The Hall–Kier alpha value is -1.10. The van der Waals surface area contributed by atoms with Gasteiger partial charge in [0.25, 0.3) is 0 Å². The van der Waals surface area contributed by atoms with Crippen molar-refractivity contribution in [2.75, 3.05) is 26.7 Å². The predicted octanol–water partition coefficient (Wildman–Crippen LogP) is 1.87. The minimum absolute atomic E-state index is 0.0741. The number of likely N-dealkylation sites (tertiary alicyclic amines) is 1. The number of hydrogen-bond acceptors (Lipinski definition) is 3. The van der Waals surface area contributed by atoms with Crippen molar-refractivity contribution in [1.82, 2.24) is 15.1 Å². The van der Waals surface area contributed by atoms with E-state index in [9.17, 15) is 9.59 Å². The first kappa shape index (κ1) is 18.9. The lowest BCUT2D eigenvalue weighted by atomic mass is 9.92. The standard InChI is InChI=1S/C17H33N3O2/c1-16(2,3)15(22)19(7)13-8-10-20(11-9-13)12-14(21)18-17(4,5)6/h13H,8-12H2,1-7H3,(H,18,21). The Morgan fingerprint density at radius 3 is 2.00 bits per heavy atom. The van der Waals surface area contributed by atoms with Gasteiger partial charge in [-0.05, 0) is 33.6 Å². The number of carbonyl (C=O) groups excluding carboxylic acids is 2. The molecule has 0 aromatic rings. The number of carbonyl (C=O) groups is 2. The van der Waals surface area contributed by atoms with Gasteiger partial charge in [-0.1, -0.05) is 20.8 Å². The highest BCUT2D eigenvalue weighted by molar-refractivity contribution is 5.81. The van der Waals surface area contributed by atoms with Gasteiger partial charge in [0, 0.05) is 37.1 Å². The van der Waals surface area contributed by atoms with Crippen molar-refractivity contribution in [2.24, 2.45) is 5.41 Å². The quantitative estimate of drug-likeness (QED) is 0.866. The Morgan fingerprint density at radius 1 is 1.09 bits per heavy atom. The van der Waals surface area contributed by atoms with Crippen LogP contribution in [-0.4, -0.2) is 59.9 Å². The van der Waals surface area contributed by atoms with Crippen LogP contribution < -0.4 is 5.32 Å². The van der Waals surface area contributed by atoms with Crippen LogP contribution >= 0.6 is 0 Å². The smallest absolute Gasteiger partial charge is 0.234 e. The molecule has 5 nitrogen and oxygen atoms in total. The summed E-state index contributed by atoms with van der Waals surface area (Å²) in [6.07, 6.45) is 1.86. The van der Waals surface area contributed by atoms with Gasteiger partial charge in [0.15, 0.2) is 0 Å². The van der Waals surface area contributed by atoms with Gasteiger partial charge in [0.1, 0.15) is 0 Å². The summed E-state index contributed by atoms with van der Waals surface area (Å²) in [6, 6.07) is 0.286. The van der Waals surface area contributed by atoms with Gasteiger partial charge < -0.3 is 10.2 Å². The summed E-state index contributed by atoms with van der Waals surface area (Å²) in [6.45, 7) is 14.0. The molecular weight excluding hydrogens is 278 g/mol. The summed E-state index contributed by atoms with van der Waals surface area (Å²) < 4.78 is 0. The van der Waals surface area contributed by atoms with Crippen molar-refractivity contribution < 1.29 is 9.59 Å². The van der Waals surface area contributed by atoms with E-state index < -0.39 is 0 Å². The van der Waals surface area contributed by atoms with Crippen LogP contribution in [0.25, 0.3) is 0 Å². The van der Waals surface area contributed by atoms with E-state index in [4.69, 9.17) is 0 Å². The Balaban J connectivity index is 2.44. The first-order valence-corrected chi connectivity index (χ1v) is 8.21. The highest BCUT2D eigenvalue weighted by Crippen LogP contribution is 2.22. The molecule has 0 spiro atoms. The van der Waals surface area contributed by atoms with Crippen LogP contribution in [0.4, 0.5) is 0 Å². The Labute approximate surface area is 135 Å². The molecule has 0 unspecified atom stereocenters. The van der Waals surface area contributed by atoms with Gasteiger partial charge in [-0.3, -0.25) is 14.5 Å². The summed E-state index contributed by atoms with van der Waals surface area (Å²) in [5, 5.41) is 2.99. The van der Waals surface area contributed by atoms with Gasteiger partial charge in [-0.25, -0.2) is 0 Å². The number of rotatable bonds is 3. The average molecular weight is 311 g/mol. The van der Waals surface area contributed by atoms with Crippen LogP contribution in [0.15, 0.2) is 0 Å². The van der Waals surface area contributed by atoms with Gasteiger partial charge >= 0.3 is 0 Å². The van der Waals surface area contributed by atoms with E-state index in [1.54, 1.807) is 0 Å². The number of nitrogens with zero attached hydrogens (tertiary/aromatic N) is 2. The van der Waals surface area contributed by atoms with Crippen LogP contribution in [0.1, 0.15) is 54.4 Å². The van der Waals surface area contributed by atoms with E-state index in [0.717, 1.165) is 25.9 Å². The van der Waals surface area contributed by atoms with Gasteiger partial charge in [0.05, 0.1) is 6.54 Å². The maximum Gasteiger partial charge on any atom is 0.234 e. The molecule has 0 radical (unpaired) electrons. The van der Waals surface area contributed by atoms with Crippen molar-refractivity contribution in [2.45, 2.75) is 66.0 Å². The second-order valence-corrected chi connectivity index (χ2v) is 8.47. The molecule has 1 saturated heterocycles. The largest absolute Gasteiger partial charge is 0.350 e. The summed E-state index contributed by atoms with van der Waals surface area (Å²) >= 11 is 0. The first-order chi connectivity index (χ1) is 9.90. The van der Waals surface area contributed by atoms with Crippen molar-refractivity contribution in [1.29, 1.82) is 0 Å². The molecule has 0 aromatic heterocycles. The summed E-state index contributed by atoms with van der Waals surface area (Å²) in [7, 11) is 1.90. The van der Waals surface area contributed by atoms with Gasteiger partial charge in [-0.2, -0.15) is 0 Å². The SMILES string of the molecule is CN(C(=O)C(C)(C)C)C1CCN(CC(=O)NC(C)(C)C)CC1. The molecule has 22 heavy (non-hydrogen) atoms. The monoisotopic (exact) mass is 311 g/mol. The molecular formula is C17H33N3O2. The summed E-state index contributed by atoms with van der Waals surface area (Å²) in [5.74, 6) is 0.265. The zero-order chi connectivity index (χ0) is 17.1. The van der Waals surface area contributed by atoms with E-state index >= 15 is 0 Å². The highest BCUT2D eigenvalue weighted by Gasteiger charge is 2.31. The number of nitrogens with one attached hydrogen (secondary N) is 1. The molecule has 2 amide bonds. The molecule has 1 fully saturated rings. The van der Waals surface area contributed by atoms with E-state index in [-0.39, 0.29) is 28.8 Å². The lowest BCUT2D eigenvalue weighted by Gasteiger charge is -2.39. The predicted molar refractivity (Wildman–Crippen MR) is 89.6 cm³/mol. The Kier molecular flexibility index (Phi) is 6.02. The van der Waals surface area contributed by atoms with Crippen LogP contribution in [0.2, 0.25) is 0 Å². The Bertz CT molecular complexity index is 399. The van der Waals surface area contributed by atoms with Crippen molar-refractivity contribution in [3.8, 4) is 0 Å². The molecule has 0 aliphatic carbocycles. The van der Waals surface area contributed by atoms with Crippen LogP contribution in [-0.2, 0) is 9.59 Å². The number of piperidine rings is 1. The maximum atomic E-state index is 12.3.